The Kier molecular flexibility index (Phi) is 5.83. The maximum absolute atomic E-state index is 3.82. The molecule has 1 aromatic rings. The van der Waals surface area contributed by atoms with E-state index in [-0.39, 0.29) is 0 Å². The first-order valence-electron chi connectivity index (χ1n) is 6.56. The Hall–Kier alpha value is -0.860. The van der Waals surface area contributed by atoms with Crippen molar-refractivity contribution in [1.29, 1.82) is 0 Å². The average molecular weight is 263 g/mol. The van der Waals surface area contributed by atoms with Crippen molar-refractivity contribution in [3.63, 3.8) is 0 Å². The first-order valence-corrected chi connectivity index (χ1v) is 7.38. The van der Waals surface area contributed by atoms with Crippen molar-refractivity contribution < 1.29 is 0 Å². The van der Waals surface area contributed by atoms with Crippen molar-refractivity contribution in [2.24, 2.45) is 0 Å². The lowest BCUT2D eigenvalue weighted by atomic mass is 10.00. The van der Waals surface area contributed by atoms with E-state index in [0.717, 1.165) is 13.0 Å². The van der Waals surface area contributed by atoms with Gasteiger partial charge in [-0.3, -0.25) is 0 Å². The highest BCUT2D eigenvalue weighted by atomic mass is 32.1. The van der Waals surface area contributed by atoms with Crippen LogP contribution < -0.4 is 9.75 Å². The standard InChI is InChI=1S/C16H25NS/c1-7-9-14-13(8-2)16(12(3)4)15(18-14)10-11-17(5)6/h7-9,12H,1,10-11H2,2-6H3/b13-8+,14-9+. The number of rotatable bonds is 5. The Labute approximate surface area is 115 Å². The average Bonchev–Trinajstić information content (AvgIpc) is 2.64. The van der Waals surface area contributed by atoms with Crippen molar-refractivity contribution in [2.75, 3.05) is 20.6 Å². The van der Waals surface area contributed by atoms with Gasteiger partial charge in [0.1, 0.15) is 0 Å². The molecule has 0 aliphatic carbocycles. The molecule has 18 heavy (non-hydrogen) atoms. The number of nitrogens with zero attached hydrogens (tertiary/aromatic N) is 1. The van der Waals surface area contributed by atoms with Crippen LogP contribution in [0.5, 0.6) is 0 Å². The van der Waals surface area contributed by atoms with E-state index in [1.807, 2.05) is 17.4 Å². The molecule has 1 nitrogen and oxygen atoms in total. The summed E-state index contributed by atoms with van der Waals surface area (Å²) in [5.41, 5.74) is 1.53. The van der Waals surface area contributed by atoms with E-state index in [9.17, 15) is 0 Å². The zero-order chi connectivity index (χ0) is 13.7. The van der Waals surface area contributed by atoms with Gasteiger partial charge in [0.25, 0.3) is 0 Å². The van der Waals surface area contributed by atoms with Crippen LogP contribution in [-0.2, 0) is 6.42 Å². The minimum Gasteiger partial charge on any atom is -0.309 e. The normalized spacial score (nSPS) is 13.9. The molecule has 0 aromatic carbocycles. The molecule has 0 aliphatic rings. The highest BCUT2D eigenvalue weighted by molar-refractivity contribution is 7.10. The van der Waals surface area contributed by atoms with E-state index in [2.05, 4.69) is 58.5 Å². The minimum absolute atomic E-state index is 0.580. The van der Waals surface area contributed by atoms with Gasteiger partial charge in [0.15, 0.2) is 0 Å². The van der Waals surface area contributed by atoms with Crippen molar-refractivity contribution >= 4 is 23.5 Å². The summed E-state index contributed by atoms with van der Waals surface area (Å²) < 4.78 is 1.35. The molecular formula is C16H25NS. The van der Waals surface area contributed by atoms with E-state index in [1.165, 1.54) is 20.2 Å². The summed E-state index contributed by atoms with van der Waals surface area (Å²) in [7, 11) is 4.26. The Morgan fingerprint density at radius 1 is 1.33 bits per heavy atom. The smallest absolute Gasteiger partial charge is 0.0345 e. The molecule has 0 saturated carbocycles. The van der Waals surface area contributed by atoms with Gasteiger partial charge >= 0.3 is 0 Å². The van der Waals surface area contributed by atoms with Gasteiger partial charge in [-0.25, -0.2) is 0 Å². The zero-order valence-electron chi connectivity index (χ0n) is 12.3. The Balaban J connectivity index is 3.34. The SMILES string of the molecule is C=C/C=c1/sc(CCN(C)C)c(C(C)C)/c1=C/C. The van der Waals surface area contributed by atoms with Crippen LogP contribution in [0.3, 0.4) is 0 Å². The van der Waals surface area contributed by atoms with E-state index in [4.69, 9.17) is 0 Å². The Morgan fingerprint density at radius 3 is 2.44 bits per heavy atom. The lowest BCUT2D eigenvalue weighted by molar-refractivity contribution is 0.414. The molecular weight excluding hydrogens is 238 g/mol. The zero-order valence-corrected chi connectivity index (χ0v) is 13.1. The van der Waals surface area contributed by atoms with Crippen LogP contribution in [0.15, 0.2) is 12.7 Å². The number of hydrogen-bond acceptors (Lipinski definition) is 2. The number of hydrogen-bond donors (Lipinski definition) is 0. The molecule has 1 rings (SSSR count). The summed E-state index contributed by atoms with van der Waals surface area (Å²) in [5.74, 6) is 0.580. The van der Waals surface area contributed by atoms with Gasteiger partial charge in [-0.1, -0.05) is 32.6 Å². The summed E-state index contributed by atoms with van der Waals surface area (Å²) in [6.45, 7) is 11.6. The van der Waals surface area contributed by atoms with Crippen molar-refractivity contribution in [3.8, 4) is 0 Å². The maximum Gasteiger partial charge on any atom is 0.0345 e. The molecule has 0 radical (unpaired) electrons. The van der Waals surface area contributed by atoms with Gasteiger partial charge in [0, 0.05) is 16.0 Å². The van der Waals surface area contributed by atoms with Crippen LogP contribution in [0.25, 0.3) is 12.2 Å². The molecule has 0 aliphatic heterocycles. The molecule has 0 amide bonds. The van der Waals surface area contributed by atoms with Gasteiger partial charge in [-0.2, -0.15) is 0 Å². The van der Waals surface area contributed by atoms with E-state index < -0.39 is 0 Å². The fourth-order valence-corrected chi connectivity index (χ4v) is 3.61. The molecule has 1 aromatic heterocycles. The van der Waals surface area contributed by atoms with Gasteiger partial charge in [-0.15, -0.1) is 11.3 Å². The third-order valence-electron chi connectivity index (χ3n) is 3.01. The number of allylic oxidation sites excluding steroid dienone is 1. The molecule has 2 heteroatoms. The lowest BCUT2D eigenvalue weighted by Crippen LogP contribution is -2.22. The first kappa shape index (κ1) is 15.2. The van der Waals surface area contributed by atoms with Crippen LogP contribution in [0, 0.1) is 0 Å². The van der Waals surface area contributed by atoms with Crippen LogP contribution in [0.1, 0.15) is 37.1 Å². The number of thiophene rings is 1. The fraction of sp³-hybridized carbons (Fsp3) is 0.500. The first-order chi connectivity index (χ1) is 8.51. The molecule has 1 heterocycles. The molecule has 100 valence electrons. The second-order valence-corrected chi connectivity index (χ2v) is 6.25. The highest BCUT2D eigenvalue weighted by Crippen LogP contribution is 2.19. The number of likely N-dealkylation sites (N-methyl/N-ethyl adjacent to an activating group) is 1. The predicted molar refractivity (Wildman–Crippen MR) is 84.7 cm³/mol. The van der Waals surface area contributed by atoms with Gasteiger partial charge in [0.05, 0.1) is 0 Å². The minimum atomic E-state index is 0.580. The van der Waals surface area contributed by atoms with Gasteiger partial charge < -0.3 is 4.90 Å². The highest BCUT2D eigenvalue weighted by Gasteiger charge is 2.12. The van der Waals surface area contributed by atoms with Crippen molar-refractivity contribution in [1.82, 2.24) is 4.90 Å². The van der Waals surface area contributed by atoms with Gasteiger partial charge in [0.2, 0.25) is 0 Å². The van der Waals surface area contributed by atoms with E-state index >= 15 is 0 Å². The lowest BCUT2D eigenvalue weighted by Gasteiger charge is -2.11. The van der Waals surface area contributed by atoms with Crippen LogP contribution in [0.2, 0.25) is 0 Å². The van der Waals surface area contributed by atoms with E-state index in [1.54, 1.807) is 0 Å². The molecule has 0 fully saturated rings. The molecule has 0 unspecified atom stereocenters. The summed E-state index contributed by atoms with van der Waals surface area (Å²) >= 11 is 1.92. The second-order valence-electron chi connectivity index (χ2n) is 5.12. The monoisotopic (exact) mass is 263 g/mol. The topological polar surface area (TPSA) is 3.24 Å². The summed E-state index contributed by atoms with van der Waals surface area (Å²) in [5, 5.41) is 1.41. The Morgan fingerprint density at radius 2 is 2.00 bits per heavy atom. The fourth-order valence-electron chi connectivity index (χ4n) is 2.20. The summed E-state index contributed by atoms with van der Waals surface area (Å²) in [6, 6.07) is 0. The predicted octanol–water partition coefficient (Wildman–Crippen LogP) is 2.74. The van der Waals surface area contributed by atoms with Crippen molar-refractivity contribution in [3.05, 3.63) is 32.8 Å². The molecule has 0 atom stereocenters. The molecule has 0 N–H and O–H groups in total. The quantitative estimate of drug-likeness (QED) is 0.789. The van der Waals surface area contributed by atoms with E-state index in [0.29, 0.717) is 5.92 Å². The van der Waals surface area contributed by atoms with Crippen LogP contribution >= 0.6 is 11.3 Å². The summed E-state index contributed by atoms with van der Waals surface area (Å²) in [6.07, 6.45) is 7.39. The third-order valence-corrected chi connectivity index (χ3v) is 4.26. The maximum atomic E-state index is 3.82. The van der Waals surface area contributed by atoms with Crippen LogP contribution in [-0.4, -0.2) is 25.5 Å². The molecule has 0 saturated heterocycles. The summed E-state index contributed by atoms with van der Waals surface area (Å²) in [4.78, 5) is 3.77. The molecule has 0 bridgehead atoms. The second kappa shape index (κ2) is 6.91. The molecule has 0 spiro atoms. The third kappa shape index (κ3) is 3.56. The Bertz CT molecular complexity index is 506. The van der Waals surface area contributed by atoms with Gasteiger partial charge in [-0.05, 0) is 50.2 Å². The van der Waals surface area contributed by atoms with Crippen molar-refractivity contribution in [2.45, 2.75) is 33.1 Å². The largest absolute Gasteiger partial charge is 0.309 e. The van der Waals surface area contributed by atoms with Crippen LogP contribution in [0.4, 0.5) is 0 Å².